The molecule has 2 aromatic heterocycles. The number of hydrogen-bond donors (Lipinski definition) is 0. The van der Waals surface area contributed by atoms with Crippen LogP contribution < -0.4 is 0 Å². The van der Waals surface area contributed by atoms with Crippen LogP contribution in [-0.2, 0) is 13.2 Å². The van der Waals surface area contributed by atoms with E-state index in [2.05, 4.69) is 5.10 Å². The predicted molar refractivity (Wildman–Crippen MR) is 60.7 cm³/mol. The highest BCUT2D eigenvalue weighted by Crippen LogP contribution is 2.35. The van der Waals surface area contributed by atoms with Crippen LogP contribution in [0.15, 0.2) is 17.0 Å². The molecule has 96 valence electrons. The first-order valence-corrected chi connectivity index (χ1v) is 5.93. The Bertz CT molecular complexity index is 598. The SMILES string of the molecule is Cc1nn(C)cc1C(=O)c1cscc1C(F)(F)F. The predicted octanol–water partition coefficient (Wildman–Crippen LogP) is 3.04. The van der Waals surface area contributed by atoms with Crippen LogP contribution in [0.5, 0.6) is 0 Å². The molecule has 0 fully saturated rings. The van der Waals surface area contributed by atoms with Crippen molar-refractivity contribution >= 4 is 17.1 Å². The monoisotopic (exact) mass is 274 g/mol. The van der Waals surface area contributed by atoms with Gasteiger partial charge in [0, 0.05) is 29.6 Å². The van der Waals surface area contributed by atoms with Gasteiger partial charge < -0.3 is 0 Å². The molecular weight excluding hydrogens is 265 g/mol. The highest BCUT2D eigenvalue weighted by Gasteiger charge is 2.36. The fourth-order valence-corrected chi connectivity index (χ4v) is 2.49. The van der Waals surface area contributed by atoms with Crippen LogP contribution in [0.3, 0.4) is 0 Å². The third-order valence-electron chi connectivity index (χ3n) is 2.47. The van der Waals surface area contributed by atoms with Crippen molar-refractivity contribution in [3.8, 4) is 0 Å². The van der Waals surface area contributed by atoms with E-state index in [1.54, 1.807) is 14.0 Å². The summed E-state index contributed by atoms with van der Waals surface area (Å²) >= 11 is 0.861. The zero-order valence-electron chi connectivity index (χ0n) is 9.58. The van der Waals surface area contributed by atoms with Gasteiger partial charge in [0.05, 0.1) is 16.8 Å². The van der Waals surface area contributed by atoms with E-state index in [0.717, 1.165) is 16.7 Å². The molecule has 0 spiro atoms. The number of ketones is 1. The molecule has 0 bridgehead atoms. The van der Waals surface area contributed by atoms with Gasteiger partial charge in [0.25, 0.3) is 0 Å². The van der Waals surface area contributed by atoms with Gasteiger partial charge in [-0.15, -0.1) is 0 Å². The van der Waals surface area contributed by atoms with Gasteiger partial charge in [0.1, 0.15) is 0 Å². The number of alkyl halides is 3. The Hall–Kier alpha value is -1.63. The number of nitrogens with zero attached hydrogens (tertiary/aromatic N) is 2. The summed E-state index contributed by atoms with van der Waals surface area (Å²) in [5, 5.41) is 6.12. The topological polar surface area (TPSA) is 34.9 Å². The van der Waals surface area contributed by atoms with Crippen LogP contribution in [0.2, 0.25) is 0 Å². The molecule has 0 unspecified atom stereocenters. The van der Waals surface area contributed by atoms with E-state index in [-0.39, 0.29) is 11.1 Å². The first-order valence-electron chi connectivity index (χ1n) is 4.99. The summed E-state index contributed by atoms with van der Waals surface area (Å²) in [5.74, 6) is -0.644. The first kappa shape index (κ1) is 12.8. The molecule has 2 aromatic rings. The molecule has 0 saturated carbocycles. The van der Waals surface area contributed by atoms with Crippen LogP contribution in [0, 0.1) is 6.92 Å². The number of aromatic nitrogens is 2. The molecule has 0 aliphatic carbocycles. The zero-order chi connectivity index (χ0) is 13.5. The van der Waals surface area contributed by atoms with Gasteiger partial charge in [-0.25, -0.2) is 0 Å². The Balaban J connectivity index is 2.48. The minimum atomic E-state index is -4.51. The maximum absolute atomic E-state index is 12.7. The van der Waals surface area contributed by atoms with E-state index in [1.165, 1.54) is 16.3 Å². The van der Waals surface area contributed by atoms with Crippen molar-refractivity contribution in [1.29, 1.82) is 0 Å². The summed E-state index contributed by atoms with van der Waals surface area (Å²) in [6, 6.07) is 0. The summed E-state index contributed by atoms with van der Waals surface area (Å²) in [7, 11) is 1.61. The van der Waals surface area contributed by atoms with E-state index >= 15 is 0 Å². The molecular formula is C11H9F3N2OS. The lowest BCUT2D eigenvalue weighted by molar-refractivity contribution is -0.137. The lowest BCUT2D eigenvalue weighted by atomic mass is 10.0. The molecule has 2 heterocycles. The number of thiophene rings is 1. The minimum absolute atomic E-state index is 0.196. The number of aryl methyl sites for hydroxylation is 2. The lowest BCUT2D eigenvalue weighted by Gasteiger charge is -2.06. The first-order chi connectivity index (χ1) is 8.30. The van der Waals surface area contributed by atoms with Crippen molar-refractivity contribution < 1.29 is 18.0 Å². The molecule has 0 aliphatic rings. The van der Waals surface area contributed by atoms with Gasteiger partial charge in [0.15, 0.2) is 5.78 Å². The second-order valence-electron chi connectivity index (χ2n) is 3.83. The Morgan fingerprint density at radius 3 is 2.50 bits per heavy atom. The van der Waals surface area contributed by atoms with E-state index in [9.17, 15) is 18.0 Å². The van der Waals surface area contributed by atoms with Crippen molar-refractivity contribution in [2.75, 3.05) is 0 Å². The van der Waals surface area contributed by atoms with Gasteiger partial charge in [0.2, 0.25) is 0 Å². The molecule has 0 N–H and O–H groups in total. The van der Waals surface area contributed by atoms with Gasteiger partial charge in [-0.1, -0.05) is 0 Å². The van der Waals surface area contributed by atoms with Crippen molar-refractivity contribution in [2.24, 2.45) is 7.05 Å². The highest BCUT2D eigenvalue weighted by atomic mass is 32.1. The largest absolute Gasteiger partial charge is 0.417 e. The fourth-order valence-electron chi connectivity index (χ4n) is 1.66. The molecule has 2 rings (SSSR count). The van der Waals surface area contributed by atoms with E-state index in [1.807, 2.05) is 0 Å². The average Bonchev–Trinajstić information content (AvgIpc) is 2.82. The Kier molecular flexibility index (Phi) is 3.02. The quantitative estimate of drug-likeness (QED) is 0.789. The molecule has 0 atom stereocenters. The average molecular weight is 274 g/mol. The van der Waals surface area contributed by atoms with Crippen LogP contribution in [-0.4, -0.2) is 15.6 Å². The van der Waals surface area contributed by atoms with Crippen LogP contribution in [0.1, 0.15) is 27.2 Å². The smallest absolute Gasteiger partial charge is 0.288 e. The van der Waals surface area contributed by atoms with E-state index in [0.29, 0.717) is 5.69 Å². The summed E-state index contributed by atoms with van der Waals surface area (Å²) < 4.78 is 39.5. The van der Waals surface area contributed by atoms with E-state index < -0.39 is 17.5 Å². The molecule has 0 amide bonds. The molecule has 3 nitrogen and oxygen atoms in total. The van der Waals surface area contributed by atoms with Crippen molar-refractivity contribution in [1.82, 2.24) is 9.78 Å². The standard InChI is InChI=1S/C11H9F3N2OS/c1-6-7(3-16(2)15-6)10(17)8-4-18-5-9(8)11(12,13)14/h3-5H,1-2H3. The molecule has 0 radical (unpaired) electrons. The van der Waals surface area contributed by atoms with E-state index in [4.69, 9.17) is 0 Å². The lowest BCUT2D eigenvalue weighted by Crippen LogP contribution is -2.11. The summed E-state index contributed by atoms with van der Waals surface area (Å²) in [6.07, 6.45) is -3.09. The fraction of sp³-hybridized carbons (Fsp3) is 0.273. The Morgan fingerprint density at radius 1 is 1.33 bits per heavy atom. The number of hydrogen-bond acceptors (Lipinski definition) is 3. The number of halogens is 3. The molecule has 0 aromatic carbocycles. The Morgan fingerprint density at radius 2 is 2.00 bits per heavy atom. The van der Waals surface area contributed by atoms with Crippen molar-refractivity contribution in [3.05, 3.63) is 39.3 Å². The van der Waals surface area contributed by atoms with Gasteiger partial charge in [-0.2, -0.15) is 29.6 Å². The summed E-state index contributed by atoms with van der Waals surface area (Å²) in [4.78, 5) is 12.1. The van der Waals surface area contributed by atoms with Crippen molar-refractivity contribution in [2.45, 2.75) is 13.1 Å². The highest BCUT2D eigenvalue weighted by molar-refractivity contribution is 7.08. The normalized spacial score (nSPS) is 11.8. The summed E-state index contributed by atoms with van der Waals surface area (Å²) in [6.45, 7) is 1.59. The third kappa shape index (κ3) is 2.17. The summed E-state index contributed by atoms with van der Waals surface area (Å²) in [5.41, 5.74) is -0.590. The maximum Gasteiger partial charge on any atom is 0.417 e. The number of carbonyl (C=O) groups is 1. The van der Waals surface area contributed by atoms with Crippen LogP contribution in [0.4, 0.5) is 13.2 Å². The minimum Gasteiger partial charge on any atom is -0.288 e. The molecule has 0 saturated heterocycles. The van der Waals surface area contributed by atoms with Crippen LogP contribution in [0.25, 0.3) is 0 Å². The zero-order valence-corrected chi connectivity index (χ0v) is 10.4. The van der Waals surface area contributed by atoms with Crippen LogP contribution >= 0.6 is 11.3 Å². The second-order valence-corrected chi connectivity index (χ2v) is 4.57. The maximum atomic E-state index is 12.7. The molecule has 18 heavy (non-hydrogen) atoms. The van der Waals surface area contributed by atoms with Gasteiger partial charge >= 0.3 is 6.18 Å². The third-order valence-corrected chi connectivity index (χ3v) is 3.21. The van der Waals surface area contributed by atoms with Gasteiger partial charge in [-0.05, 0) is 6.92 Å². The second kappa shape index (κ2) is 4.24. The van der Waals surface area contributed by atoms with Crippen molar-refractivity contribution in [3.63, 3.8) is 0 Å². The molecule has 7 heteroatoms. The Labute approximate surface area is 105 Å². The van der Waals surface area contributed by atoms with Gasteiger partial charge in [-0.3, -0.25) is 9.48 Å². The number of carbonyl (C=O) groups excluding carboxylic acids is 1. The number of rotatable bonds is 2. The molecule has 0 aliphatic heterocycles.